The maximum atomic E-state index is 13.1. The molecule has 0 bridgehead atoms. The summed E-state index contributed by atoms with van der Waals surface area (Å²) < 4.78 is 45.4. The monoisotopic (exact) mass is 378 g/mol. The summed E-state index contributed by atoms with van der Waals surface area (Å²) in [4.78, 5) is 0. The Morgan fingerprint density at radius 2 is 1.56 bits per heavy atom. The van der Waals surface area contributed by atoms with E-state index in [1.54, 1.807) is 13.0 Å². The molecule has 0 aliphatic heterocycles. The van der Waals surface area contributed by atoms with Crippen molar-refractivity contribution < 1.29 is 17.9 Å². The van der Waals surface area contributed by atoms with E-state index in [0.29, 0.717) is 23.7 Å². The lowest BCUT2D eigenvalue weighted by Crippen LogP contribution is -2.30. The molecule has 0 aliphatic rings. The molecule has 0 spiro atoms. The fourth-order valence-corrected chi connectivity index (χ4v) is 3.62. The van der Waals surface area contributed by atoms with Crippen molar-refractivity contribution in [3.63, 3.8) is 0 Å². The highest BCUT2D eigenvalue weighted by atomic mass is 19.4. The first-order valence-electron chi connectivity index (χ1n) is 9.37. The third-order valence-corrected chi connectivity index (χ3v) is 4.88. The van der Waals surface area contributed by atoms with E-state index in [2.05, 4.69) is 32.9 Å². The van der Waals surface area contributed by atoms with Crippen LogP contribution in [0.1, 0.15) is 62.5 Å². The number of hydrogen-bond acceptors (Lipinski definition) is 1. The zero-order valence-corrected chi connectivity index (χ0v) is 16.7. The van der Waals surface area contributed by atoms with Crippen LogP contribution in [0.25, 0.3) is 0 Å². The molecule has 2 aromatic rings. The van der Waals surface area contributed by atoms with Gasteiger partial charge in [-0.2, -0.15) is 13.2 Å². The van der Waals surface area contributed by atoms with Crippen LogP contribution in [-0.4, -0.2) is 6.61 Å². The largest absolute Gasteiger partial charge is 0.416 e. The van der Waals surface area contributed by atoms with Crippen molar-refractivity contribution in [2.75, 3.05) is 6.61 Å². The zero-order valence-electron chi connectivity index (χ0n) is 16.7. The topological polar surface area (TPSA) is 9.23 Å². The number of halogens is 3. The van der Waals surface area contributed by atoms with Gasteiger partial charge in [0.15, 0.2) is 0 Å². The van der Waals surface area contributed by atoms with Gasteiger partial charge in [0.2, 0.25) is 0 Å². The van der Waals surface area contributed by atoms with Crippen LogP contribution in [0.3, 0.4) is 0 Å². The lowest BCUT2D eigenvalue weighted by molar-refractivity contribution is -0.137. The average molecular weight is 378 g/mol. The Morgan fingerprint density at radius 1 is 0.926 bits per heavy atom. The van der Waals surface area contributed by atoms with Crippen LogP contribution in [-0.2, 0) is 16.3 Å². The second-order valence-corrected chi connectivity index (χ2v) is 8.11. The van der Waals surface area contributed by atoms with Gasteiger partial charge in [-0.1, -0.05) is 62.7 Å². The normalized spacial score (nSPS) is 15.6. The molecule has 0 heterocycles. The fourth-order valence-electron chi connectivity index (χ4n) is 3.62. The number of ether oxygens (including phenoxy) is 1. The molecular weight excluding hydrogens is 349 g/mol. The standard InChI is InChI=1S/C23H29F3O/c1-16(2)14-22(5,20-9-7-6-8-10-20)15-27-18(4)19-11-17(3)12-21(13-19)23(24,25)26/h6-13,16,18H,14-15H2,1-5H3/t18-,22+/m1/s1. The molecule has 1 nitrogen and oxygen atoms in total. The molecule has 27 heavy (non-hydrogen) atoms. The van der Waals surface area contributed by atoms with Gasteiger partial charge in [-0.3, -0.25) is 0 Å². The Balaban J connectivity index is 2.21. The van der Waals surface area contributed by atoms with E-state index in [1.165, 1.54) is 17.7 Å². The second-order valence-electron chi connectivity index (χ2n) is 8.11. The third kappa shape index (κ3) is 5.83. The number of aryl methyl sites for hydroxylation is 1. The molecule has 0 saturated heterocycles. The molecule has 0 unspecified atom stereocenters. The highest BCUT2D eigenvalue weighted by molar-refractivity contribution is 5.32. The predicted molar refractivity (Wildman–Crippen MR) is 104 cm³/mol. The zero-order chi connectivity index (χ0) is 20.2. The Bertz CT molecular complexity index is 737. The molecular formula is C23H29F3O. The van der Waals surface area contributed by atoms with Crippen LogP contribution in [0.5, 0.6) is 0 Å². The molecule has 0 aromatic heterocycles. The summed E-state index contributed by atoms with van der Waals surface area (Å²) in [5.41, 5.74) is 1.51. The molecule has 0 saturated carbocycles. The van der Waals surface area contributed by atoms with Crippen molar-refractivity contribution in [1.82, 2.24) is 0 Å². The van der Waals surface area contributed by atoms with Crippen molar-refractivity contribution in [2.24, 2.45) is 5.92 Å². The SMILES string of the molecule is Cc1cc([C@@H](C)OC[C@](C)(CC(C)C)c2ccccc2)cc(C(F)(F)F)c1. The summed E-state index contributed by atoms with van der Waals surface area (Å²) in [6.45, 7) is 10.4. The van der Waals surface area contributed by atoms with Crippen molar-refractivity contribution >= 4 is 0 Å². The van der Waals surface area contributed by atoms with Gasteiger partial charge in [0, 0.05) is 5.41 Å². The van der Waals surface area contributed by atoms with Gasteiger partial charge in [0.1, 0.15) is 0 Å². The Kier molecular flexibility index (Phi) is 6.74. The molecule has 0 N–H and O–H groups in total. The highest BCUT2D eigenvalue weighted by Crippen LogP contribution is 2.35. The number of benzene rings is 2. The number of hydrogen-bond donors (Lipinski definition) is 0. The van der Waals surface area contributed by atoms with Crippen LogP contribution in [0.15, 0.2) is 48.5 Å². The van der Waals surface area contributed by atoms with Gasteiger partial charge >= 0.3 is 6.18 Å². The first-order chi connectivity index (χ1) is 12.5. The smallest absolute Gasteiger partial charge is 0.373 e. The van der Waals surface area contributed by atoms with Crippen LogP contribution >= 0.6 is 0 Å². The number of rotatable bonds is 7. The molecule has 4 heteroatoms. The molecule has 0 amide bonds. The molecule has 2 rings (SSSR count). The van der Waals surface area contributed by atoms with Gasteiger partial charge < -0.3 is 4.74 Å². The first-order valence-corrected chi connectivity index (χ1v) is 9.37. The Hall–Kier alpha value is -1.81. The molecule has 2 aromatic carbocycles. The van der Waals surface area contributed by atoms with E-state index < -0.39 is 17.8 Å². The van der Waals surface area contributed by atoms with Gasteiger partial charge in [-0.05, 0) is 49.4 Å². The van der Waals surface area contributed by atoms with Gasteiger partial charge in [-0.25, -0.2) is 0 Å². The summed E-state index contributed by atoms with van der Waals surface area (Å²) in [5, 5.41) is 0. The summed E-state index contributed by atoms with van der Waals surface area (Å²) in [6, 6.07) is 14.3. The van der Waals surface area contributed by atoms with E-state index in [-0.39, 0.29) is 5.41 Å². The van der Waals surface area contributed by atoms with Crippen LogP contribution in [0, 0.1) is 12.8 Å². The van der Waals surface area contributed by atoms with Crippen molar-refractivity contribution in [2.45, 2.75) is 58.7 Å². The van der Waals surface area contributed by atoms with Crippen LogP contribution in [0.4, 0.5) is 13.2 Å². The first kappa shape index (κ1) is 21.5. The van der Waals surface area contributed by atoms with Crippen molar-refractivity contribution in [1.29, 1.82) is 0 Å². The van der Waals surface area contributed by atoms with E-state index in [9.17, 15) is 13.2 Å². The van der Waals surface area contributed by atoms with Gasteiger partial charge in [0.25, 0.3) is 0 Å². The van der Waals surface area contributed by atoms with E-state index in [4.69, 9.17) is 4.74 Å². The minimum Gasteiger partial charge on any atom is -0.373 e. The minimum absolute atomic E-state index is 0.194. The predicted octanol–water partition coefficient (Wildman–Crippen LogP) is 7.10. The van der Waals surface area contributed by atoms with E-state index in [0.717, 1.165) is 6.42 Å². The molecule has 0 radical (unpaired) electrons. The highest BCUT2D eigenvalue weighted by Gasteiger charge is 2.32. The lowest BCUT2D eigenvalue weighted by Gasteiger charge is -2.33. The van der Waals surface area contributed by atoms with Crippen LogP contribution < -0.4 is 0 Å². The van der Waals surface area contributed by atoms with Gasteiger partial charge in [-0.15, -0.1) is 0 Å². The van der Waals surface area contributed by atoms with Crippen molar-refractivity contribution in [3.8, 4) is 0 Å². The maximum absolute atomic E-state index is 13.1. The molecule has 2 atom stereocenters. The Morgan fingerprint density at radius 3 is 2.11 bits per heavy atom. The Labute approximate surface area is 160 Å². The fraction of sp³-hybridized carbons (Fsp3) is 0.478. The average Bonchev–Trinajstić information content (AvgIpc) is 2.58. The second kappa shape index (κ2) is 8.47. The third-order valence-electron chi connectivity index (χ3n) is 4.88. The van der Waals surface area contributed by atoms with Crippen LogP contribution in [0.2, 0.25) is 0 Å². The number of alkyl halides is 3. The quantitative estimate of drug-likeness (QED) is 0.499. The molecule has 0 aliphatic carbocycles. The molecule has 148 valence electrons. The minimum atomic E-state index is -4.35. The molecule has 0 fully saturated rings. The van der Waals surface area contributed by atoms with E-state index >= 15 is 0 Å². The van der Waals surface area contributed by atoms with Gasteiger partial charge in [0.05, 0.1) is 18.3 Å². The summed E-state index contributed by atoms with van der Waals surface area (Å²) >= 11 is 0. The summed E-state index contributed by atoms with van der Waals surface area (Å²) in [6.07, 6.45) is -3.83. The maximum Gasteiger partial charge on any atom is 0.416 e. The lowest BCUT2D eigenvalue weighted by atomic mass is 9.76. The summed E-state index contributed by atoms with van der Waals surface area (Å²) in [5.74, 6) is 0.477. The van der Waals surface area contributed by atoms with E-state index in [1.807, 2.05) is 25.1 Å². The van der Waals surface area contributed by atoms with Crippen molar-refractivity contribution in [3.05, 3.63) is 70.8 Å². The summed E-state index contributed by atoms with van der Waals surface area (Å²) in [7, 11) is 0.